The highest BCUT2D eigenvalue weighted by Gasteiger charge is 2.12. The van der Waals surface area contributed by atoms with Crippen LogP contribution in [-0.2, 0) is 18.0 Å². The molecule has 0 aromatic heterocycles. The van der Waals surface area contributed by atoms with E-state index in [0.717, 1.165) is 11.1 Å². The summed E-state index contributed by atoms with van der Waals surface area (Å²) in [7, 11) is 0. The molecule has 40 heavy (non-hydrogen) atoms. The number of carbonyl (C=O) groups excluding carboxylic acids is 1. The number of nitriles is 1. The van der Waals surface area contributed by atoms with Crippen LogP contribution in [0.3, 0.4) is 0 Å². The molecule has 0 saturated carbocycles. The molecule has 0 atom stereocenters. The molecule has 0 spiro atoms. The number of rotatable bonds is 11. The molecule has 0 saturated heterocycles. The lowest BCUT2D eigenvalue weighted by Crippen LogP contribution is -2.13. The summed E-state index contributed by atoms with van der Waals surface area (Å²) >= 11 is 0. The van der Waals surface area contributed by atoms with Gasteiger partial charge in [-0.2, -0.15) is 5.26 Å². The fourth-order valence-corrected chi connectivity index (χ4v) is 3.95. The second-order valence-corrected chi connectivity index (χ2v) is 9.27. The van der Waals surface area contributed by atoms with Crippen molar-refractivity contribution in [2.75, 3.05) is 11.9 Å². The first-order chi connectivity index (χ1) is 19.4. The van der Waals surface area contributed by atoms with E-state index in [1.807, 2.05) is 49.4 Å². The molecular formula is C34H32N2O4. The summed E-state index contributed by atoms with van der Waals surface area (Å²) in [5.41, 5.74) is 5.75. The van der Waals surface area contributed by atoms with Crippen LogP contribution in [0.1, 0.15) is 34.7 Å². The first-order valence-electron chi connectivity index (χ1n) is 13.1. The fraction of sp³-hybridized carbons (Fsp3) is 0.176. The Kier molecular flexibility index (Phi) is 9.58. The van der Waals surface area contributed by atoms with Crippen LogP contribution >= 0.6 is 0 Å². The maximum atomic E-state index is 12.8. The zero-order chi connectivity index (χ0) is 28.3. The monoisotopic (exact) mass is 532 g/mol. The van der Waals surface area contributed by atoms with E-state index in [-0.39, 0.29) is 5.57 Å². The second kappa shape index (κ2) is 13.7. The van der Waals surface area contributed by atoms with Gasteiger partial charge < -0.3 is 19.5 Å². The zero-order valence-electron chi connectivity index (χ0n) is 22.9. The number of anilines is 1. The van der Waals surface area contributed by atoms with Gasteiger partial charge in [-0.25, -0.2) is 0 Å². The van der Waals surface area contributed by atoms with Gasteiger partial charge in [0, 0.05) is 5.69 Å². The molecule has 0 aliphatic rings. The Morgan fingerprint density at radius 3 is 2.25 bits per heavy atom. The average molecular weight is 533 g/mol. The molecule has 4 aromatic rings. The molecule has 0 radical (unpaired) electrons. The summed E-state index contributed by atoms with van der Waals surface area (Å²) in [4.78, 5) is 12.8. The summed E-state index contributed by atoms with van der Waals surface area (Å²) in [6.45, 7) is 7.34. The van der Waals surface area contributed by atoms with E-state index in [4.69, 9.17) is 14.2 Å². The molecular weight excluding hydrogens is 500 g/mol. The van der Waals surface area contributed by atoms with Gasteiger partial charge in [-0.15, -0.1) is 0 Å². The normalized spacial score (nSPS) is 10.9. The molecule has 6 nitrogen and oxygen atoms in total. The minimum atomic E-state index is -0.506. The number of nitrogens with zero attached hydrogens (tertiary/aromatic N) is 1. The Bertz CT molecular complexity index is 1520. The Hall–Kier alpha value is -5.02. The van der Waals surface area contributed by atoms with Crippen molar-refractivity contribution in [2.45, 2.75) is 34.0 Å². The van der Waals surface area contributed by atoms with Crippen LogP contribution in [0.25, 0.3) is 6.08 Å². The van der Waals surface area contributed by atoms with Gasteiger partial charge in [-0.1, -0.05) is 54.6 Å². The standard InChI is InChI=1S/C34H32N2O4/c1-4-38-33-20-27(12-17-32(33)40-23-28-11-10-24(2)25(3)18-28)19-29(21-35)34(37)36-30-13-15-31(16-14-30)39-22-26-8-6-5-7-9-26/h5-20H,4,22-23H2,1-3H3,(H,36,37)/b29-19+. The highest BCUT2D eigenvalue weighted by Crippen LogP contribution is 2.30. The average Bonchev–Trinajstić information content (AvgIpc) is 2.97. The van der Waals surface area contributed by atoms with Crippen molar-refractivity contribution in [1.82, 2.24) is 0 Å². The number of ether oxygens (including phenoxy) is 3. The van der Waals surface area contributed by atoms with Crippen LogP contribution in [0.5, 0.6) is 17.2 Å². The number of carbonyl (C=O) groups is 1. The van der Waals surface area contributed by atoms with Crippen molar-refractivity contribution in [3.8, 4) is 23.3 Å². The molecule has 0 aliphatic carbocycles. The highest BCUT2D eigenvalue weighted by molar-refractivity contribution is 6.09. The van der Waals surface area contributed by atoms with Crippen molar-refractivity contribution >= 4 is 17.7 Å². The van der Waals surface area contributed by atoms with Gasteiger partial charge in [0.2, 0.25) is 0 Å². The number of amides is 1. The molecule has 0 bridgehead atoms. The molecule has 4 aromatic carbocycles. The van der Waals surface area contributed by atoms with Gasteiger partial charge in [-0.3, -0.25) is 4.79 Å². The quantitative estimate of drug-likeness (QED) is 0.161. The molecule has 1 N–H and O–H groups in total. The highest BCUT2D eigenvalue weighted by atomic mass is 16.5. The van der Waals surface area contributed by atoms with Crippen LogP contribution in [-0.4, -0.2) is 12.5 Å². The van der Waals surface area contributed by atoms with E-state index < -0.39 is 5.91 Å². The second-order valence-electron chi connectivity index (χ2n) is 9.27. The molecule has 0 aliphatic heterocycles. The van der Waals surface area contributed by atoms with Crippen LogP contribution < -0.4 is 19.5 Å². The topological polar surface area (TPSA) is 80.6 Å². The van der Waals surface area contributed by atoms with E-state index in [9.17, 15) is 10.1 Å². The minimum Gasteiger partial charge on any atom is -0.490 e. The van der Waals surface area contributed by atoms with E-state index >= 15 is 0 Å². The molecule has 202 valence electrons. The lowest BCUT2D eigenvalue weighted by molar-refractivity contribution is -0.112. The Balaban J connectivity index is 1.41. The fourth-order valence-electron chi connectivity index (χ4n) is 3.95. The lowest BCUT2D eigenvalue weighted by Gasteiger charge is -2.13. The summed E-state index contributed by atoms with van der Waals surface area (Å²) in [5.74, 6) is 1.31. The first-order valence-corrected chi connectivity index (χ1v) is 13.1. The Labute approximate surface area is 235 Å². The summed E-state index contributed by atoms with van der Waals surface area (Å²) in [6, 6.07) is 30.5. The van der Waals surface area contributed by atoms with Crippen LogP contribution in [0.15, 0.2) is 96.6 Å². The third-order valence-corrected chi connectivity index (χ3v) is 6.27. The van der Waals surface area contributed by atoms with Crippen LogP contribution in [0.4, 0.5) is 5.69 Å². The van der Waals surface area contributed by atoms with Gasteiger partial charge in [0.15, 0.2) is 11.5 Å². The number of hydrogen-bond acceptors (Lipinski definition) is 5. The molecule has 0 unspecified atom stereocenters. The van der Waals surface area contributed by atoms with Crippen LogP contribution in [0.2, 0.25) is 0 Å². The summed E-state index contributed by atoms with van der Waals surface area (Å²) < 4.78 is 17.6. The van der Waals surface area contributed by atoms with Gasteiger partial charge in [0.25, 0.3) is 5.91 Å². The Morgan fingerprint density at radius 2 is 1.55 bits per heavy atom. The number of benzene rings is 4. The number of nitrogens with one attached hydrogen (secondary N) is 1. The number of hydrogen-bond donors (Lipinski definition) is 1. The van der Waals surface area contributed by atoms with Gasteiger partial charge >= 0.3 is 0 Å². The van der Waals surface area contributed by atoms with Crippen molar-refractivity contribution in [2.24, 2.45) is 0 Å². The predicted octanol–water partition coefficient (Wildman–Crippen LogP) is 7.41. The third-order valence-electron chi connectivity index (χ3n) is 6.27. The van der Waals surface area contributed by atoms with Crippen LogP contribution in [0, 0.1) is 25.2 Å². The van der Waals surface area contributed by atoms with Gasteiger partial charge in [0.1, 0.15) is 30.6 Å². The first kappa shape index (κ1) is 28.0. The summed E-state index contributed by atoms with van der Waals surface area (Å²) in [6.07, 6.45) is 1.53. The van der Waals surface area contributed by atoms with Crippen molar-refractivity contribution in [3.05, 3.63) is 124 Å². The number of aryl methyl sites for hydroxylation is 2. The Morgan fingerprint density at radius 1 is 0.800 bits per heavy atom. The van der Waals surface area contributed by atoms with Gasteiger partial charge in [-0.05, 0) is 91.1 Å². The van der Waals surface area contributed by atoms with Crippen molar-refractivity contribution in [1.29, 1.82) is 5.26 Å². The summed E-state index contributed by atoms with van der Waals surface area (Å²) in [5, 5.41) is 12.5. The molecule has 0 fully saturated rings. The molecule has 6 heteroatoms. The van der Waals surface area contributed by atoms with E-state index in [0.29, 0.717) is 48.3 Å². The zero-order valence-corrected chi connectivity index (χ0v) is 22.9. The molecule has 0 heterocycles. The van der Waals surface area contributed by atoms with E-state index in [1.165, 1.54) is 17.2 Å². The lowest BCUT2D eigenvalue weighted by atomic mass is 10.1. The smallest absolute Gasteiger partial charge is 0.266 e. The maximum absolute atomic E-state index is 12.8. The van der Waals surface area contributed by atoms with Crippen molar-refractivity contribution in [3.63, 3.8) is 0 Å². The van der Waals surface area contributed by atoms with E-state index in [2.05, 4.69) is 31.3 Å². The third kappa shape index (κ3) is 7.75. The van der Waals surface area contributed by atoms with Gasteiger partial charge in [0.05, 0.1) is 6.61 Å². The molecule has 4 rings (SSSR count). The predicted molar refractivity (Wildman–Crippen MR) is 157 cm³/mol. The maximum Gasteiger partial charge on any atom is 0.266 e. The largest absolute Gasteiger partial charge is 0.490 e. The van der Waals surface area contributed by atoms with E-state index in [1.54, 1.807) is 42.5 Å². The SMILES string of the molecule is CCOc1cc(/C=C(\C#N)C(=O)Nc2ccc(OCc3ccccc3)cc2)ccc1OCc1ccc(C)c(C)c1. The van der Waals surface area contributed by atoms with Crippen molar-refractivity contribution < 1.29 is 19.0 Å². The molecule has 1 amide bonds. The minimum absolute atomic E-state index is 0.0318.